The Hall–Kier alpha value is -1.01. The minimum absolute atomic E-state index is 0.0232. The van der Waals surface area contributed by atoms with Crippen molar-refractivity contribution in [2.75, 3.05) is 6.54 Å². The van der Waals surface area contributed by atoms with E-state index in [1.54, 1.807) is 12.1 Å². The molecule has 0 aliphatic rings. The van der Waals surface area contributed by atoms with Gasteiger partial charge in [-0.3, -0.25) is 4.98 Å². The maximum atomic E-state index is 9.50. The molecule has 1 aromatic heterocycles. The summed E-state index contributed by atoms with van der Waals surface area (Å²) >= 11 is 0. The smallest absolute Gasteiger partial charge is 0.123 e. The van der Waals surface area contributed by atoms with E-state index in [4.69, 9.17) is 10.8 Å². The van der Waals surface area contributed by atoms with E-state index in [0.29, 0.717) is 11.3 Å². The molecule has 5 heteroatoms. The van der Waals surface area contributed by atoms with Crippen LogP contribution in [0.1, 0.15) is 17.4 Å². The first-order valence-corrected chi connectivity index (χ1v) is 4.31. The molecule has 5 N–H and O–H groups in total. The summed E-state index contributed by atoms with van der Waals surface area (Å²) in [4.78, 5) is 3.89. The van der Waals surface area contributed by atoms with Crippen LogP contribution >= 0.6 is 0 Å². The van der Waals surface area contributed by atoms with Gasteiger partial charge in [-0.05, 0) is 11.6 Å². The van der Waals surface area contributed by atoms with Gasteiger partial charge in [0.2, 0.25) is 0 Å². The summed E-state index contributed by atoms with van der Waals surface area (Å²) in [5, 5.41) is 27.5. The number of hydrogen-bond donors (Lipinski definition) is 4. The Balaban J connectivity index is 2.75. The molecule has 0 aliphatic carbocycles. The highest BCUT2D eigenvalue weighted by Crippen LogP contribution is 2.13. The molecular formula is C9H14N2O3. The fourth-order valence-corrected chi connectivity index (χ4v) is 1.03. The fourth-order valence-electron chi connectivity index (χ4n) is 1.03. The maximum Gasteiger partial charge on any atom is 0.123 e. The van der Waals surface area contributed by atoms with Gasteiger partial charge < -0.3 is 21.1 Å². The summed E-state index contributed by atoms with van der Waals surface area (Å²) in [5.41, 5.74) is 6.19. The summed E-state index contributed by atoms with van der Waals surface area (Å²) in [5.74, 6) is 0. The van der Waals surface area contributed by atoms with E-state index >= 15 is 0 Å². The van der Waals surface area contributed by atoms with Crippen LogP contribution in [0.5, 0.6) is 0 Å². The molecule has 0 spiro atoms. The van der Waals surface area contributed by atoms with E-state index in [1.165, 1.54) is 6.20 Å². The molecule has 0 radical (unpaired) electrons. The van der Waals surface area contributed by atoms with Crippen molar-refractivity contribution in [1.82, 2.24) is 4.98 Å². The third-order valence-corrected chi connectivity index (χ3v) is 1.94. The molecule has 14 heavy (non-hydrogen) atoms. The van der Waals surface area contributed by atoms with Crippen molar-refractivity contribution in [3.8, 4) is 0 Å². The Morgan fingerprint density at radius 2 is 2.07 bits per heavy atom. The van der Waals surface area contributed by atoms with Crippen LogP contribution in [-0.4, -0.2) is 33.0 Å². The highest BCUT2D eigenvalue weighted by molar-refractivity contribution is 5.15. The number of nitrogens with zero attached hydrogens (tertiary/aromatic N) is 1. The number of hydrogen-bond acceptors (Lipinski definition) is 5. The highest BCUT2D eigenvalue weighted by atomic mass is 16.3. The van der Waals surface area contributed by atoms with Gasteiger partial charge in [0.25, 0.3) is 0 Å². The van der Waals surface area contributed by atoms with Crippen LogP contribution in [0.3, 0.4) is 0 Å². The van der Waals surface area contributed by atoms with Gasteiger partial charge in [-0.25, -0.2) is 0 Å². The standard InChI is InChI=1S/C9H14N2O3/c10-3-8(13)9(14)7-2-1-6(5-12)4-11-7/h1-2,4,8-9,12-14H,3,5,10H2. The minimum Gasteiger partial charge on any atom is -0.392 e. The first-order chi connectivity index (χ1) is 6.69. The van der Waals surface area contributed by atoms with Crippen LogP contribution < -0.4 is 5.73 Å². The predicted molar refractivity (Wildman–Crippen MR) is 50.2 cm³/mol. The van der Waals surface area contributed by atoms with Crippen LogP contribution in [0.4, 0.5) is 0 Å². The zero-order valence-electron chi connectivity index (χ0n) is 7.67. The number of aliphatic hydroxyl groups is 3. The summed E-state index contributed by atoms with van der Waals surface area (Å²) in [6.45, 7) is -0.118. The zero-order chi connectivity index (χ0) is 10.6. The number of pyridine rings is 1. The van der Waals surface area contributed by atoms with Gasteiger partial charge in [0, 0.05) is 12.7 Å². The second-order valence-corrected chi connectivity index (χ2v) is 3.00. The van der Waals surface area contributed by atoms with Crippen molar-refractivity contribution in [2.24, 2.45) is 5.73 Å². The molecule has 78 valence electrons. The quantitative estimate of drug-likeness (QED) is 0.493. The molecule has 0 aliphatic heterocycles. The van der Waals surface area contributed by atoms with Gasteiger partial charge in [-0.15, -0.1) is 0 Å². The lowest BCUT2D eigenvalue weighted by Gasteiger charge is -2.15. The van der Waals surface area contributed by atoms with Crippen molar-refractivity contribution in [2.45, 2.75) is 18.8 Å². The molecule has 2 unspecified atom stereocenters. The van der Waals surface area contributed by atoms with Crippen molar-refractivity contribution in [3.05, 3.63) is 29.6 Å². The molecule has 0 bridgehead atoms. The van der Waals surface area contributed by atoms with Crippen molar-refractivity contribution in [1.29, 1.82) is 0 Å². The number of aliphatic hydroxyl groups excluding tert-OH is 3. The van der Waals surface area contributed by atoms with Crippen LogP contribution in [0.25, 0.3) is 0 Å². The van der Waals surface area contributed by atoms with Crippen LogP contribution in [0.2, 0.25) is 0 Å². The molecule has 5 nitrogen and oxygen atoms in total. The highest BCUT2D eigenvalue weighted by Gasteiger charge is 2.17. The normalized spacial score (nSPS) is 15.1. The lowest BCUT2D eigenvalue weighted by molar-refractivity contribution is 0.0217. The Kier molecular flexibility index (Phi) is 3.97. The summed E-state index contributed by atoms with van der Waals surface area (Å²) in [6.07, 6.45) is -0.642. The molecular weight excluding hydrogens is 184 g/mol. The maximum absolute atomic E-state index is 9.50. The van der Waals surface area contributed by atoms with E-state index in [9.17, 15) is 10.2 Å². The Morgan fingerprint density at radius 1 is 1.36 bits per heavy atom. The molecule has 0 aromatic carbocycles. The summed E-state index contributed by atoms with van der Waals surface area (Å²) < 4.78 is 0. The van der Waals surface area contributed by atoms with Gasteiger partial charge in [0.1, 0.15) is 6.10 Å². The van der Waals surface area contributed by atoms with Crippen molar-refractivity contribution in [3.63, 3.8) is 0 Å². The minimum atomic E-state index is -1.08. The Bertz CT molecular complexity index is 276. The second-order valence-electron chi connectivity index (χ2n) is 3.00. The monoisotopic (exact) mass is 198 g/mol. The average molecular weight is 198 g/mol. The van der Waals surface area contributed by atoms with E-state index < -0.39 is 12.2 Å². The molecule has 0 saturated heterocycles. The largest absolute Gasteiger partial charge is 0.392 e. The van der Waals surface area contributed by atoms with E-state index in [-0.39, 0.29) is 13.2 Å². The molecule has 1 heterocycles. The topological polar surface area (TPSA) is 99.6 Å². The van der Waals surface area contributed by atoms with E-state index in [0.717, 1.165) is 0 Å². The Labute approximate surface area is 81.8 Å². The molecule has 2 atom stereocenters. The third-order valence-electron chi connectivity index (χ3n) is 1.94. The lowest BCUT2D eigenvalue weighted by atomic mass is 10.1. The summed E-state index contributed by atoms with van der Waals surface area (Å²) in [7, 11) is 0. The number of rotatable bonds is 4. The molecule has 0 amide bonds. The van der Waals surface area contributed by atoms with Crippen molar-refractivity contribution >= 4 is 0 Å². The SMILES string of the molecule is NCC(O)C(O)c1ccc(CO)cn1. The molecule has 0 fully saturated rings. The molecule has 1 rings (SSSR count). The predicted octanol–water partition coefficient (Wildman–Crippen LogP) is -1.07. The van der Waals surface area contributed by atoms with Gasteiger partial charge in [0.15, 0.2) is 0 Å². The van der Waals surface area contributed by atoms with Crippen LogP contribution in [0.15, 0.2) is 18.3 Å². The van der Waals surface area contributed by atoms with Gasteiger partial charge in [-0.2, -0.15) is 0 Å². The first kappa shape index (κ1) is 11.1. The number of nitrogens with two attached hydrogens (primary N) is 1. The second kappa shape index (κ2) is 5.02. The Morgan fingerprint density at radius 3 is 2.50 bits per heavy atom. The zero-order valence-corrected chi connectivity index (χ0v) is 7.67. The third kappa shape index (κ3) is 2.49. The van der Waals surface area contributed by atoms with E-state index in [2.05, 4.69) is 4.98 Å². The molecule has 0 saturated carbocycles. The lowest BCUT2D eigenvalue weighted by Crippen LogP contribution is -2.27. The first-order valence-electron chi connectivity index (χ1n) is 4.31. The number of aromatic nitrogens is 1. The molecule has 1 aromatic rings. The fraction of sp³-hybridized carbons (Fsp3) is 0.444. The average Bonchev–Trinajstić information content (AvgIpc) is 2.27. The van der Waals surface area contributed by atoms with E-state index in [1.807, 2.05) is 0 Å². The van der Waals surface area contributed by atoms with Crippen molar-refractivity contribution < 1.29 is 15.3 Å². The van der Waals surface area contributed by atoms with Gasteiger partial charge in [0.05, 0.1) is 18.4 Å². The van der Waals surface area contributed by atoms with Crippen LogP contribution in [-0.2, 0) is 6.61 Å². The van der Waals surface area contributed by atoms with Gasteiger partial charge in [-0.1, -0.05) is 6.07 Å². The van der Waals surface area contributed by atoms with Crippen LogP contribution in [0, 0.1) is 0 Å². The summed E-state index contributed by atoms with van der Waals surface area (Å²) in [6, 6.07) is 3.18. The van der Waals surface area contributed by atoms with Gasteiger partial charge >= 0.3 is 0 Å².